The van der Waals surface area contributed by atoms with E-state index in [9.17, 15) is 0 Å². The van der Waals surface area contributed by atoms with E-state index < -0.39 is 0 Å². The molecule has 0 atom stereocenters. The summed E-state index contributed by atoms with van der Waals surface area (Å²) in [5.41, 5.74) is 0.872. The molecule has 0 saturated carbocycles. The molecular formula is C10H19N3O. The van der Waals surface area contributed by atoms with Crippen LogP contribution >= 0.6 is 0 Å². The zero-order chi connectivity index (χ0) is 10.8. The standard InChI is InChI=1S/C10H19N3O/c1-8(2)14-7-9-6-13(12-11-9)10(3,4)5/h6,8H,7H2,1-5H3. The van der Waals surface area contributed by atoms with Crippen LogP contribution in [0.2, 0.25) is 0 Å². The Morgan fingerprint density at radius 3 is 2.50 bits per heavy atom. The van der Waals surface area contributed by atoms with Gasteiger partial charge in [-0.15, -0.1) is 5.10 Å². The molecule has 4 nitrogen and oxygen atoms in total. The van der Waals surface area contributed by atoms with E-state index in [0.29, 0.717) is 6.61 Å². The van der Waals surface area contributed by atoms with Crippen LogP contribution in [-0.4, -0.2) is 21.1 Å². The van der Waals surface area contributed by atoms with Gasteiger partial charge < -0.3 is 4.74 Å². The van der Waals surface area contributed by atoms with Gasteiger partial charge in [-0.2, -0.15) is 0 Å². The minimum atomic E-state index is -0.0108. The first-order chi connectivity index (χ1) is 6.39. The monoisotopic (exact) mass is 197 g/mol. The number of rotatable bonds is 3. The number of ether oxygens (including phenoxy) is 1. The van der Waals surface area contributed by atoms with E-state index in [1.54, 1.807) is 0 Å². The minimum Gasteiger partial charge on any atom is -0.372 e. The quantitative estimate of drug-likeness (QED) is 0.743. The molecule has 14 heavy (non-hydrogen) atoms. The third-order valence-electron chi connectivity index (χ3n) is 1.79. The SMILES string of the molecule is CC(C)OCc1cn(C(C)(C)C)nn1. The molecule has 0 N–H and O–H groups in total. The van der Waals surface area contributed by atoms with Gasteiger partial charge in [0.2, 0.25) is 0 Å². The van der Waals surface area contributed by atoms with E-state index in [2.05, 4.69) is 31.1 Å². The van der Waals surface area contributed by atoms with Crippen molar-refractivity contribution in [3.8, 4) is 0 Å². The van der Waals surface area contributed by atoms with E-state index in [1.165, 1.54) is 0 Å². The molecule has 80 valence electrons. The summed E-state index contributed by atoms with van der Waals surface area (Å²) >= 11 is 0. The van der Waals surface area contributed by atoms with Crippen LogP contribution in [0.1, 0.15) is 40.3 Å². The molecule has 0 aromatic carbocycles. The molecule has 1 rings (SSSR count). The zero-order valence-electron chi connectivity index (χ0n) is 9.61. The van der Waals surface area contributed by atoms with Crippen LogP contribution in [0.3, 0.4) is 0 Å². The molecule has 0 bridgehead atoms. The predicted molar refractivity (Wildman–Crippen MR) is 54.9 cm³/mol. The summed E-state index contributed by atoms with van der Waals surface area (Å²) in [7, 11) is 0. The van der Waals surface area contributed by atoms with Gasteiger partial charge in [-0.1, -0.05) is 5.21 Å². The van der Waals surface area contributed by atoms with Gasteiger partial charge in [0.05, 0.1) is 24.4 Å². The maximum absolute atomic E-state index is 5.44. The molecule has 0 aliphatic heterocycles. The van der Waals surface area contributed by atoms with Gasteiger partial charge in [0.1, 0.15) is 5.69 Å². The Morgan fingerprint density at radius 1 is 1.43 bits per heavy atom. The first-order valence-electron chi connectivity index (χ1n) is 4.93. The second-order valence-electron chi connectivity index (χ2n) is 4.69. The maximum Gasteiger partial charge on any atom is 0.108 e. The van der Waals surface area contributed by atoms with E-state index in [4.69, 9.17) is 4.74 Å². The molecule has 0 aliphatic carbocycles. The van der Waals surface area contributed by atoms with Gasteiger partial charge in [-0.05, 0) is 34.6 Å². The van der Waals surface area contributed by atoms with Crippen LogP contribution in [0.4, 0.5) is 0 Å². The average Bonchev–Trinajstić information content (AvgIpc) is 2.47. The van der Waals surface area contributed by atoms with E-state index in [-0.39, 0.29) is 11.6 Å². The third kappa shape index (κ3) is 3.10. The fourth-order valence-corrected chi connectivity index (χ4v) is 0.944. The second-order valence-corrected chi connectivity index (χ2v) is 4.69. The molecular weight excluding hydrogens is 178 g/mol. The molecule has 0 radical (unpaired) electrons. The van der Waals surface area contributed by atoms with E-state index >= 15 is 0 Å². The number of hydrogen-bond acceptors (Lipinski definition) is 3. The Morgan fingerprint density at radius 2 is 2.07 bits per heavy atom. The third-order valence-corrected chi connectivity index (χ3v) is 1.79. The Balaban J connectivity index is 2.60. The van der Waals surface area contributed by atoms with Gasteiger partial charge in [-0.25, -0.2) is 4.68 Å². The van der Waals surface area contributed by atoms with Crippen LogP contribution in [0.15, 0.2) is 6.20 Å². The minimum absolute atomic E-state index is 0.0108. The topological polar surface area (TPSA) is 39.9 Å². The Bertz CT molecular complexity index is 286. The van der Waals surface area contributed by atoms with Crippen molar-refractivity contribution in [3.63, 3.8) is 0 Å². The van der Waals surface area contributed by atoms with Gasteiger partial charge >= 0.3 is 0 Å². The first kappa shape index (κ1) is 11.2. The lowest BCUT2D eigenvalue weighted by atomic mass is 10.1. The Labute approximate surface area is 85.3 Å². The van der Waals surface area contributed by atoms with Gasteiger partial charge in [0.15, 0.2) is 0 Å². The smallest absolute Gasteiger partial charge is 0.108 e. The van der Waals surface area contributed by atoms with Crippen molar-refractivity contribution in [3.05, 3.63) is 11.9 Å². The molecule has 1 aromatic rings. The number of aromatic nitrogens is 3. The van der Waals surface area contributed by atoms with Crippen LogP contribution in [-0.2, 0) is 16.9 Å². The summed E-state index contributed by atoms with van der Waals surface area (Å²) in [5.74, 6) is 0. The summed E-state index contributed by atoms with van der Waals surface area (Å²) in [5, 5.41) is 8.09. The molecule has 1 aromatic heterocycles. The van der Waals surface area contributed by atoms with Crippen LogP contribution in [0.5, 0.6) is 0 Å². The highest BCUT2D eigenvalue weighted by Gasteiger charge is 2.14. The van der Waals surface area contributed by atoms with Crippen molar-refractivity contribution in [1.82, 2.24) is 15.0 Å². The van der Waals surface area contributed by atoms with Crippen molar-refractivity contribution in [2.24, 2.45) is 0 Å². The largest absolute Gasteiger partial charge is 0.372 e. The molecule has 0 saturated heterocycles. The summed E-state index contributed by atoms with van der Waals surface area (Å²) in [6.45, 7) is 10.8. The predicted octanol–water partition coefficient (Wildman–Crippen LogP) is 1.96. The van der Waals surface area contributed by atoms with Crippen molar-refractivity contribution in [2.75, 3.05) is 0 Å². The van der Waals surface area contributed by atoms with Crippen LogP contribution in [0.25, 0.3) is 0 Å². The summed E-state index contributed by atoms with van der Waals surface area (Å²) in [6, 6.07) is 0. The fraction of sp³-hybridized carbons (Fsp3) is 0.800. The summed E-state index contributed by atoms with van der Waals surface area (Å²) < 4.78 is 7.29. The highest BCUT2D eigenvalue weighted by atomic mass is 16.5. The highest BCUT2D eigenvalue weighted by Crippen LogP contribution is 2.12. The molecule has 0 fully saturated rings. The van der Waals surface area contributed by atoms with Crippen LogP contribution < -0.4 is 0 Å². The molecule has 0 unspecified atom stereocenters. The lowest BCUT2D eigenvalue weighted by Gasteiger charge is -2.17. The summed E-state index contributed by atoms with van der Waals surface area (Å²) in [6.07, 6.45) is 2.16. The maximum atomic E-state index is 5.44. The molecule has 0 aliphatic rings. The average molecular weight is 197 g/mol. The lowest BCUT2D eigenvalue weighted by molar-refractivity contribution is 0.0635. The van der Waals surface area contributed by atoms with Gasteiger partial charge in [0, 0.05) is 0 Å². The molecule has 1 heterocycles. The van der Waals surface area contributed by atoms with Crippen molar-refractivity contribution in [1.29, 1.82) is 0 Å². The van der Waals surface area contributed by atoms with Crippen molar-refractivity contribution >= 4 is 0 Å². The summed E-state index contributed by atoms with van der Waals surface area (Å²) in [4.78, 5) is 0. The van der Waals surface area contributed by atoms with Crippen molar-refractivity contribution < 1.29 is 4.74 Å². The lowest BCUT2D eigenvalue weighted by Crippen LogP contribution is -2.22. The van der Waals surface area contributed by atoms with Gasteiger partial charge in [0.25, 0.3) is 0 Å². The fourth-order valence-electron chi connectivity index (χ4n) is 0.944. The normalized spacial score (nSPS) is 12.4. The van der Waals surface area contributed by atoms with Crippen molar-refractivity contribution in [2.45, 2.75) is 52.9 Å². The molecule has 0 amide bonds. The van der Waals surface area contributed by atoms with E-state index in [0.717, 1.165) is 5.69 Å². The van der Waals surface area contributed by atoms with Gasteiger partial charge in [-0.3, -0.25) is 0 Å². The Kier molecular flexibility index (Phi) is 3.26. The highest BCUT2D eigenvalue weighted by molar-refractivity contribution is 4.92. The molecule has 4 heteroatoms. The van der Waals surface area contributed by atoms with Crippen LogP contribution in [0, 0.1) is 0 Å². The molecule has 0 spiro atoms. The number of hydrogen-bond donors (Lipinski definition) is 0. The second kappa shape index (κ2) is 4.09. The zero-order valence-corrected chi connectivity index (χ0v) is 9.61. The van der Waals surface area contributed by atoms with E-state index in [1.807, 2.05) is 24.7 Å². The first-order valence-corrected chi connectivity index (χ1v) is 4.93. The Hall–Kier alpha value is -0.900. The number of nitrogens with zero attached hydrogens (tertiary/aromatic N) is 3.